The summed E-state index contributed by atoms with van der Waals surface area (Å²) in [4.78, 5) is 18.9. The van der Waals surface area contributed by atoms with Gasteiger partial charge in [-0.2, -0.15) is 0 Å². The van der Waals surface area contributed by atoms with Crippen LogP contribution in [0.3, 0.4) is 0 Å². The highest BCUT2D eigenvalue weighted by Crippen LogP contribution is 2.16. The van der Waals surface area contributed by atoms with E-state index in [9.17, 15) is 9.90 Å². The first kappa shape index (κ1) is 18.2. The largest absolute Gasteiger partial charge is 0.481 e. The summed E-state index contributed by atoms with van der Waals surface area (Å²) in [6.07, 6.45) is 3.66. The zero-order valence-corrected chi connectivity index (χ0v) is 15.0. The first-order chi connectivity index (χ1) is 12.6. The van der Waals surface area contributed by atoms with E-state index in [0.717, 1.165) is 36.4 Å². The van der Waals surface area contributed by atoms with E-state index >= 15 is 0 Å². The number of hydrogen-bond acceptors (Lipinski definition) is 4. The molecule has 0 unspecified atom stereocenters. The Kier molecular flexibility index (Phi) is 6.07. The predicted molar refractivity (Wildman–Crippen MR) is 100 cm³/mol. The van der Waals surface area contributed by atoms with E-state index in [-0.39, 0.29) is 5.92 Å². The van der Waals surface area contributed by atoms with E-state index in [4.69, 9.17) is 4.84 Å². The summed E-state index contributed by atoms with van der Waals surface area (Å²) in [5, 5.41) is 13.6. The number of oxime groups is 1. The van der Waals surface area contributed by atoms with E-state index < -0.39 is 5.97 Å². The lowest BCUT2D eigenvalue weighted by molar-refractivity contribution is -0.143. The highest BCUT2D eigenvalue weighted by atomic mass is 16.6. The van der Waals surface area contributed by atoms with Gasteiger partial charge in [-0.25, -0.2) is 0 Å². The number of rotatable bonds is 7. The fourth-order valence-corrected chi connectivity index (χ4v) is 3.29. The summed E-state index contributed by atoms with van der Waals surface area (Å²) in [5.74, 6) is -0.973. The molecule has 1 atom stereocenters. The molecule has 1 saturated heterocycles. The van der Waals surface area contributed by atoms with Gasteiger partial charge in [-0.15, -0.1) is 0 Å². The van der Waals surface area contributed by atoms with Gasteiger partial charge in [0, 0.05) is 31.9 Å². The number of likely N-dealkylation sites (tertiary alicyclic amines) is 1. The summed E-state index contributed by atoms with van der Waals surface area (Å²) >= 11 is 0. The van der Waals surface area contributed by atoms with Gasteiger partial charge >= 0.3 is 5.97 Å². The van der Waals surface area contributed by atoms with Crippen molar-refractivity contribution in [1.82, 2.24) is 9.47 Å². The molecule has 3 rings (SSSR count). The molecule has 0 bridgehead atoms. The van der Waals surface area contributed by atoms with Crippen LogP contribution in [-0.4, -0.2) is 52.5 Å². The zero-order valence-electron chi connectivity index (χ0n) is 15.0. The first-order valence-electron chi connectivity index (χ1n) is 8.97. The van der Waals surface area contributed by atoms with Crippen LogP contribution in [0.15, 0.2) is 53.8 Å². The number of aryl methyl sites for hydroxylation is 1. The van der Waals surface area contributed by atoms with Gasteiger partial charge in [0.1, 0.15) is 12.3 Å². The van der Waals surface area contributed by atoms with Gasteiger partial charge in [-0.3, -0.25) is 9.69 Å². The molecule has 6 nitrogen and oxygen atoms in total. The molecule has 6 heteroatoms. The Morgan fingerprint density at radius 3 is 2.77 bits per heavy atom. The third-order valence-corrected chi connectivity index (χ3v) is 4.74. The summed E-state index contributed by atoms with van der Waals surface area (Å²) in [6, 6.07) is 13.9. The number of carbonyl (C=O) groups is 1. The number of carboxylic acids is 1. The van der Waals surface area contributed by atoms with Crippen molar-refractivity contribution in [1.29, 1.82) is 0 Å². The van der Waals surface area contributed by atoms with Crippen LogP contribution in [0.2, 0.25) is 0 Å². The maximum Gasteiger partial charge on any atom is 0.307 e. The Balaban J connectivity index is 1.63. The van der Waals surface area contributed by atoms with Gasteiger partial charge in [-0.1, -0.05) is 35.5 Å². The number of nitrogens with zero attached hydrogens (tertiary/aromatic N) is 3. The lowest BCUT2D eigenvalue weighted by Gasteiger charge is -2.29. The van der Waals surface area contributed by atoms with Gasteiger partial charge in [-0.05, 0) is 31.5 Å². The minimum Gasteiger partial charge on any atom is -0.481 e. The van der Waals surface area contributed by atoms with Crippen LogP contribution in [-0.2, 0) is 16.7 Å². The highest BCUT2D eigenvalue weighted by Gasteiger charge is 2.25. The number of benzene rings is 1. The van der Waals surface area contributed by atoms with Gasteiger partial charge in [0.25, 0.3) is 0 Å². The van der Waals surface area contributed by atoms with Gasteiger partial charge in [0.2, 0.25) is 0 Å². The van der Waals surface area contributed by atoms with E-state index in [1.165, 1.54) is 0 Å². The number of hydrogen-bond donors (Lipinski definition) is 1. The topological polar surface area (TPSA) is 67.1 Å². The quantitative estimate of drug-likeness (QED) is 0.471. The Labute approximate surface area is 153 Å². The summed E-state index contributed by atoms with van der Waals surface area (Å²) in [6.45, 7) is 2.63. The van der Waals surface area contributed by atoms with Crippen molar-refractivity contribution in [2.24, 2.45) is 18.1 Å². The fraction of sp³-hybridized carbons (Fsp3) is 0.400. The second-order valence-corrected chi connectivity index (χ2v) is 6.62. The van der Waals surface area contributed by atoms with E-state index in [1.807, 2.05) is 60.3 Å². The average molecular weight is 355 g/mol. The standard InChI is InChI=1S/C20H25N3O3/c1-22-11-6-10-18(22)19(16-7-3-2-4-8-16)21-26-14-13-23-12-5-9-17(15-23)20(24)25/h2-4,6-8,10-11,17H,5,9,12-15H2,1H3,(H,24,25)/b21-19+/t17-/m1/s1. The van der Waals surface area contributed by atoms with Gasteiger partial charge < -0.3 is 14.5 Å². The molecule has 1 aromatic heterocycles. The summed E-state index contributed by atoms with van der Waals surface area (Å²) < 4.78 is 2.01. The molecule has 1 aromatic carbocycles. The van der Waals surface area contributed by atoms with Crippen molar-refractivity contribution in [3.05, 3.63) is 59.9 Å². The van der Waals surface area contributed by atoms with Crippen LogP contribution >= 0.6 is 0 Å². The highest BCUT2D eigenvalue weighted by molar-refractivity contribution is 6.11. The predicted octanol–water partition coefficient (Wildman–Crippen LogP) is 2.59. The lowest BCUT2D eigenvalue weighted by atomic mass is 9.98. The van der Waals surface area contributed by atoms with Crippen LogP contribution in [0.1, 0.15) is 24.1 Å². The molecule has 0 amide bonds. The van der Waals surface area contributed by atoms with Crippen LogP contribution in [0.4, 0.5) is 0 Å². The molecule has 138 valence electrons. The molecule has 2 heterocycles. The van der Waals surface area contributed by atoms with Crippen LogP contribution in [0, 0.1) is 5.92 Å². The Morgan fingerprint density at radius 1 is 1.27 bits per heavy atom. The van der Waals surface area contributed by atoms with Crippen molar-refractivity contribution in [2.45, 2.75) is 12.8 Å². The number of piperidine rings is 1. The van der Waals surface area contributed by atoms with Gasteiger partial charge in [0.15, 0.2) is 0 Å². The third kappa shape index (κ3) is 4.52. The number of aliphatic carboxylic acids is 1. The molecule has 0 radical (unpaired) electrons. The second-order valence-electron chi connectivity index (χ2n) is 6.62. The maximum atomic E-state index is 11.2. The molecule has 26 heavy (non-hydrogen) atoms. The normalized spacial score (nSPS) is 18.7. The number of carboxylic acid groups (broad SMARTS) is 1. The molecule has 2 aromatic rings. The first-order valence-corrected chi connectivity index (χ1v) is 8.97. The van der Waals surface area contributed by atoms with Crippen molar-refractivity contribution >= 4 is 11.7 Å². The SMILES string of the molecule is Cn1cccc1/C(=N/OCCN1CCC[C@@H](C(=O)O)C1)c1ccccc1. The van der Waals surface area contributed by atoms with Crippen molar-refractivity contribution < 1.29 is 14.7 Å². The van der Waals surface area contributed by atoms with Gasteiger partial charge in [0.05, 0.1) is 11.6 Å². The van der Waals surface area contributed by atoms with E-state index in [1.54, 1.807) is 0 Å². The van der Waals surface area contributed by atoms with E-state index in [0.29, 0.717) is 19.7 Å². The Bertz CT molecular complexity index is 755. The minimum atomic E-state index is -0.705. The molecule has 0 spiro atoms. The van der Waals surface area contributed by atoms with Crippen LogP contribution < -0.4 is 0 Å². The molecule has 1 fully saturated rings. The monoisotopic (exact) mass is 355 g/mol. The fourth-order valence-electron chi connectivity index (χ4n) is 3.29. The smallest absolute Gasteiger partial charge is 0.307 e. The Morgan fingerprint density at radius 2 is 2.08 bits per heavy atom. The van der Waals surface area contributed by atoms with Crippen molar-refractivity contribution in [3.63, 3.8) is 0 Å². The molecular formula is C20H25N3O3. The van der Waals surface area contributed by atoms with Crippen LogP contribution in [0.5, 0.6) is 0 Å². The Hall–Kier alpha value is -2.60. The van der Waals surface area contributed by atoms with E-state index in [2.05, 4.69) is 10.1 Å². The molecule has 0 saturated carbocycles. The molecule has 0 aliphatic carbocycles. The van der Waals surface area contributed by atoms with Crippen LogP contribution in [0.25, 0.3) is 0 Å². The minimum absolute atomic E-state index is 0.268. The molecule has 1 N–H and O–H groups in total. The average Bonchev–Trinajstić information content (AvgIpc) is 3.08. The van der Waals surface area contributed by atoms with Crippen molar-refractivity contribution in [2.75, 3.05) is 26.2 Å². The zero-order chi connectivity index (χ0) is 18.4. The molecule has 1 aliphatic heterocycles. The summed E-state index contributed by atoms with van der Waals surface area (Å²) in [5.41, 5.74) is 2.78. The maximum absolute atomic E-state index is 11.2. The summed E-state index contributed by atoms with van der Waals surface area (Å²) in [7, 11) is 1.98. The number of aromatic nitrogens is 1. The molecule has 1 aliphatic rings. The third-order valence-electron chi connectivity index (χ3n) is 4.74. The molecular weight excluding hydrogens is 330 g/mol. The second kappa shape index (κ2) is 8.67. The van der Waals surface area contributed by atoms with Crippen molar-refractivity contribution in [3.8, 4) is 0 Å². The lowest BCUT2D eigenvalue weighted by Crippen LogP contribution is -2.40.